The van der Waals surface area contributed by atoms with E-state index < -0.39 is 12.0 Å². The first-order valence-corrected chi connectivity index (χ1v) is 6.78. The smallest absolute Gasteiger partial charge is 0.326 e. The maximum atomic E-state index is 12.0. The molecule has 0 unspecified atom stereocenters. The Morgan fingerprint density at radius 3 is 2.72 bits per heavy atom. The van der Waals surface area contributed by atoms with E-state index in [1.54, 1.807) is 4.90 Å². The number of carbonyl (C=O) groups excluding carboxylic acids is 1. The molecule has 0 aromatic heterocycles. The minimum atomic E-state index is -0.872. The highest BCUT2D eigenvalue weighted by Gasteiger charge is 2.31. The van der Waals surface area contributed by atoms with E-state index in [2.05, 4.69) is 19.2 Å². The summed E-state index contributed by atoms with van der Waals surface area (Å²) in [5.74, 6) is -0.893. The average Bonchev–Trinajstić information content (AvgIpc) is 2.34. The van der Waals surface area contributed by atoms with Crippen LogP contribution in [0.3, 0.4) is 0 Å². The van der Waals surface area contributed by atoms with Crippen LogP contribution >= 0.6 is 0 Å². The third kappa shape index (κ3) is 4.64. The van der Waals surface area contributed by atoms with E-state index in [4.69, 9.17) is 5.11 Å². The number of carboxylic acids is 1. The molecule has 5 nitrogen and oxygen atoms in total. The third-order valence-electron chi connectivity index (χ3n) is 3.23. The van der Waals surface area contributed by atoms with E-state index in [0.717, 1.165) is 25.8 Å². The Hall–Kier alpha value is -1.10. The largest absolute Gasteiger partial charge is 0.480 e. The fourth-order valence-electron chi connectivity index (χ4n) is 2.26. The van der Waals surface area contributed by atoms with Gasteiger partial charge in [0, 0.05) is 19.0 Å². The monoisotopic (exact) mass is 256 g/mol. The molecule has 1 rings (SSSR count). The predicted octanol–water partition coefficient (Wildman–Crippen LogP) is 1.23. The summed E-state index contributed by atoms with van der Waals surface area (Å²) in [5, 5.41) is 12.3. The number of carbonyl (C=O) groups is 2. The third-order valence-corrected chi connectivity index (χ3v) is 3.23. The molecule has 0 aromatic rings. The van der Waals surface area contributed by atoms with Crippen LogP contribution in [0.2, 0.25) is 0 Å². The van der Waals surface area contributed by atoms with Crippen molar-refractivity contribution in [2.24, 2.45) is 0 Å². The zero-order valence-electron chi connectivity index (χ0n) is 11.3. The van der Waals surface area contributed by atoms with Gasteiger partial charge in [-0.2, -0.15) is 0 Å². The summed E-state index contributed by atoms with van der Waals surface area (Å²) < 4.78 is 0. The lowest BCUT2D eigenvalue weighted by molar-refractivity contribution is -0.152. The number of hydrogen-bond donors (Lipinski definition) is 2. The second kappa shape index (κ2) is 7.36. The number of rotatable bonds is 6. The first-order chi connectivity index (χ1) is 8.52. The van der Waals surface area contributed by atoms with Crippen LogP contribution in [0, 0.1) is 0 Å². The lowest BCUT2D eigenvalue weighted by Gasteiger charge is -2.33. The minimum Gasteiger partial charge on any atom is -0.480 e. The van der Waals surface area contributed by atoms with Crippen LogP contribution in [0.15, 0.2) is 0 Å². The van der Waals surface area contributed by atoms with Crippen LogP contribution in [0.1, 0.15) is 46.0 Å². The Morgan fingerprint density at radius 1 is 1.39 bits per heavy atom. The molecular weight excluding hydrogens is 232 g/mol. The molecule has 5 heteroatoms. The highest BCUT2D eigenvalue weighted by atomic mass is 16.4. The van der Waals surface area contributed by atoms with Crippen molar-refractivity contribution in [3.63, 3.8) is 0 Å². The van der Waals surface area contributed by atoms with Crippen molar-refractivity contribution in [2.45, 2.75) is 58.0 Å². The molecule has 1 atom stereocenters. The van der Waals surface area contributed by atoms with Gasteiger partial charge in [0.2, 0.25) is 5.91 Å². The molecule has 2 N–H and O–H groups in total. The number of hydrogen-bond acceptors (Lipinski definition) is 3. The number of piperidine rings is 1. The first kappa shape index (κ1) is 15.0. The Labute approximate surface area is 109 Å². The van der Waals surface area contributed by atoms with Gasteiger partial charge in [0.1, 0.15) is 6.04 Å². The molecule has 18 heavy (non-hydrogen) atoms. The molecule has 1 aliphatic rings. The van der Waals surface area contributed by atoms with Crippen LogP contribution < -0.4 is 5.32 Å². The van der Waals surface area contributed by atoms with Crippen molar-refractivity contribution in [2.75, 3.05) is 13.1 Å². The van der Waals surface area contributed by atoms with E-state index in [0.29, 0.717) is 25.4 Å². The fourth-order valence-corrected chi connectivity index (χ4v) is 2.26. The van der Waals surface area contributed by atoms with Crippen LogP contribution in [0.4, 0.5) is 0 Å². The molecule has 1 saturated heterocycles. The molecule has 104 valence electrons. The van der Waals surface area contributed by atoms with Crippen molar-refractivity contribution in [3.8, 4) is 0 Å². The van der Waals surface area contributed by atoms with Crippen molar-refractivity contribution in [1.29, 1.82) is 0 Å². The Balaban J connectivity index is 2.36. The van der Waals surface area contributed by atoms with Crippen molar-refractivity contribution in [3.05, 3.63) is 0 Å². The van der Waals surface area contributed by atoms with Gasteiger partial charge < -0.3 is 15.3 Å². The molecule has 0 bridgehead atoms. The average molecular weight is 256 g/mol. The molecule has 1 aliphatic heterocycles. The summed E-state index contributed by atoms with van der Waals surface area (Å²) in [4.78, 5) is 24.6. The molecule has 0 aliphatic carbocycles. The van der Waals surface area contributed by atoms with E-state index in [-0.39, 0.29) is 5.91 Å². The molecule has 0 spiro atoms. The molecule has 1 fully saturated rings. The SMILES string of the molecule is CC(C)NCCCC(=O)N1CCCC[C@@H]1C(=O)O. The maximum Gasteiger partial charge on any atom is 0.326 e. The number of carboxylic acid groups (broad SMARTS) is 1. The standard InChI is InChI=1S/C13H24N2O3/c1-10(2)14-8-5-7-12(16)15-9-4-3-6-11(15)13(17)18/h10-11,14H,3-9H2,1-2H3,(H,17,18)/t11-/m1/s1. The molecule has 0 saturated carbocycles. The maximum absolute atomic E-state index is 12.0. The van der Waals surface area contributed by atoms with Gasteiger partial charge in [0.25, 0.3) is 0 Å². The van der Waals surface area contributed by atoms with Crippen LogP contribution in [-0.4, -0.2) is 47.1 Å². The van der Waals surface area contributed by atoms with Crippen molar-refractivity contribution >= 4 is 11.9 Å². The van der Waals surface area contributed by atoms with Gasteiger partial charge in [-0.1, -0.05) is 13.8 Å². The Morgan fingerprint density at radius 2 is 2.11 bits per heavy atom. The normalized spacial score (nSPS) is 20.2. The van der Waals surface area contributed by atoms with Gasteiger partial charge in [-0.05, 0) is 32.2 Å². The number of amides is 1. The predicted molar refractivity (Wildman–Crippen MR) is 69.4 cm³/mol. The quantitative estimate of drug-likeness (QED) is 0.701. The lowest BCUT2D eigenvalue weighted by atomic mass is 10.0. The molecule has 1 heterocycles. The highest BCUT2D eigenvalue weighted by Crippen LogP contribution is 2.18. The molecule has 1 amide bonds. The van der Waals surface area contributed by atoms with Gasteiger partial charge in [-0.15, -0.1) is 0 Å². The molecule has 0 radical (unpaired) electrons. The zero-order chi connectivity index (χ0) is 13.5. The number of nitrogens with zero attached hydrogens (tertiary/aromatic N) is 1. The van der Waals surface area contributed by atoms with Gasteiger partial charge in [0.15, 0.2) is 0 Å². The number of nitrogens with one attached hydrogen (secondary N) is 1. The summed E-state index contributed by atoms with van der Waals surface area (Å²) in [6, 6.07) is -0.189. The lowest BCUT2D eigenvalue weighted by Crippen LogP contribution is -2.48. The summed E-state index contributed by atoms with van der Waals surface area (Å²) in [6.07, 6.45) is 3.60. The summed E-state index contributed by atoms with van der Waals surface area (Å²) in [7, 11) is 0. The van der Waals surface area contributed by atoms with Crippen molar-refractivity contribution in [1.82, 2.24) is 10.2 Å². The van der Waals surface area contributed by atoms with Gasteiger partial charge in [-0.3, -0.25) is 4.79 Å². The van der Waals surface area contributed by atoms with E-state index in [9.17, 15) is 9.59 Å². The number of aliphatic carboxylic acids is 1. The van der Waals surface area contributed by atoms with Gasteiger partial charge in [0.05, 0.1) is 0 Å². The Kier molecular flexibility index (Phi) is 6.12. The van der Waals surface area contributed by atoms with Gasteiger partial charge >= 0.3 is 5.97 Å². The van der Waals surface area contributed by atoms with Crippen LogP contribution in [0.5, 0.6) is 0 Å². The summed E-state index contributed by atoms with van der Waals surface area (Å²) >= 11 is 0. The topological polar surface area (TPSA) is 69.6 Å². The van der Waals surface area contributed by atoms with Crippen LogP contribution in [-0.2, 0) is 9.59 Å². The fraction of sp³-hybridized carbons (Fsp3) is 0.846. The van der Waals surface area contributed by atoms with E-state index in [1.165, 1.54) is 0 Å². The van der Waals surface area contributed by atoms with E-state index in [1.807, 2.05) is 0 Å². The van der Waals surface area contributed by atoms with Crippen molar-refractivity contribution < 1.29 is 14.7 Å². The zero-order valence-corrected chi connectivity index (χ0v) is 11.3. The molecular formula is C13H24N2O3. The van der Waals surface area contributed by atoms with E-state index >= 15 is 0 Å². The minimum absolute atomic E-state index is 0.0207. The summed E-state index contributed by atoms with van der Waals surface area (Å²) in [6.45, 7) is 5.52. The highest BCUT2D eigenvalue weighted by molar-refractivity contribution is 5.83. The second-order valence-electron chi connectivity index (χ2n) is 5.15. The van der Waals surface area contributed by atoms with Crippen LogP contribution in [0.25, 0.3) is 0 Å². The molecule has 0 aromatic carbocycles. The van der Waals surface area contributed by atoms with Gasteiger partial charge in [-0.25, -0.2) is 4.79 Å². The number of likely N-dealkylation sites (tertiary alicyclic amines) is 1. The second-order valence-corrected chi connectivity index (χ2v) is 5.15. The first-order valence-electron chi connectivity index (χ1n) is 6.78. The summed E-state index contributed by atoms with van der Waals surface area (Å²) in [5.41, 5.74) is 0. The Bertz CT molecular complexity index is 292.